The van der Waals surface area contributed by atoms with Crippen molar-refractivity contribution >= 4 is 5.97 Å². The lowest BCUT2D eigenvalue weighted by molar-refractivity contribution is 0.0685. The molecule has 0 unspecified atom stereocenters. The monoisotopic (exact) mass is 203 g/mol. The van der Waals surface area contributed by atoms with Gasteiger partial charge in [-0.3, -0.25) is 4.98 Å². The third-order valence-corrected chi connectivity index (χ3v) is 2.03. The molecule has 0 aliphatic rings. The van der Waals surface area contributed by atoms with E-state index in [0.29, 0.717) is 6.54 Å². The predicted molar refractivity (Wildman–Crippen MR) is 52.5 cm³/mol. The molecule has 2 aromatic heterocycles. The van der Waals surface area contributed by atoms with Gasteiger partial charge < -0.3 is 9.67 Å². The molecule has 2 heterocycles. The van der Waals surface area contributed by atoms with Crippen LogP contribution < -0.4 is 0 Å². The maximum Gasteiger partial charge on any atom is 0.354 e. The van der Waals surface area contributed by atoms with Crippen LogP contribution in [0.4, 0.5) is 0 Å². The van der Waals surface area contributed by atoms with Crippen molar-refractivity contribution in [1.82, 2.24) is 14.5 Å². The molecule has 15 heavy (non-hydrogen) atoms. The van der Waals surface area contributed by atoms with Gasteiger partial charge in [-0.2, -0.15) is 0 Å². The van der Waals surface area contributed by atoms with Gasteiger partial charge in [-0.1, -0.05) is 0 Å². The van der Waals surface area contributed by atoms with E-state index in [9.17, 15) is 4.79 Å². The van der Waals surface area contributed by atoms with Crippen LogP contribution in [0.1, 0.15) is 16.1 Å². The van der Waals surface area contributed by atoms with Crippen LogP contribution >= 0.6 is 0 Å². The fraction of sp³-hybridized carbons (Fsp3) is 0.100. The van der Waals surface area contributed by atoms with E-state index < -0.39 is 5.97 Å². The summed E-state index contributed by atoms with van der Waals surface area (Å²) in [6.45, 7) is 0.490. The second-order valence-corrected chi connectivity index (χ2v) is 3.07. The van der Waals surface area contributed by atoms with Crippen LogP contribution in [0.2, 0.25) is 0 Å². The summed E-state index contributed by atoms with van der Waals surface area (Å²) in [6.07, 6.45) is 6.19. The van der Waals surface area contributed by atoms with Crippen LogP contribution in [0.3, 0.4) is 0 Å². The summed E-state index contributed by atoms with van der Waals surface area (Å²) in [5, 5.41) is 8.86. The summed E-state index contributed by atoms with van der Waals surface area (Å²) >= 11 is 0. The Morgan fingerprint density at radius 2 is 2.07 bits per heavy atom. The lowest BCUT2D eigenvalue weighted by Gasteiger charge is -2.04. The lowest BCUT2D eigenvalue weighted by atomic mass is 10.2. The highest BCUT2D eigenvalue weighted by Crippen LogP contribution is 2.04. The third kappa shape index (κ3) is 2.01. The Bertz CT molecular complexity index is 465. The van der Waals surface area contributed by atoms with Crippen molar-refractivity contribution < 1.29 is 9.90 Å². The summed E-state index contributed by atoms with van der Waals surface area (Å²) in [4.78, 5) is 18.5. The summed E-state index contributed by atoms with van der Waals surface area (Å²) in [7, 11) is 0. The van der Waals surface area contributed by atoms with E-state index in [-0.39, 0.29) is 5.69 Å². The van der Waals surface area contributed by atoms with Gasteiger partial charge in [-0.15, -0.1) is 0 Å². The number of pyridine rings is 1. The molecule has 0 aliphatic carbocycles. The molecule has 5 heteroatoms. The number of imidazole rings is 1. The van der Waals surface area contributed by atoms with Gasteiger partial charge in [0.2, 0.25) is 0 Å². The van der Waals surface area contributed by atoms with Gasteiger partial charge in [0.15, 0.2) is 0 Å². The minimum Gasteiger partial charge on any atom is -0.477 e. The number of hydrogen-bond acceptors (Lipinski definition) is 3. The van der Waals surface area contributed by atoms with Gasteiger partial charge >= 0.3 is 5.97 Å². The molecule has 2 rings (SSSR count). The van der Waals surface area contributed by atoms with Crippen molar-refractivity contribution in [2.75, 3.05) is 0 Å². The molecule has 2 aromatic rings. The fourth-order valence-corrected chi connectivity index (χ4v) is 1.31. The molecular weight excluding hydrogens is 194 g/mol. The molecule has 1 N–H and O–H groups in total. The summed E-state index contributed by atoms with van der Waals surface area (Å²) in [6, 6.07) is 3.68. The van der Waals surface area contributed by atoms with Gasteiger partial charge in [-0.25, -0.2) is 9.78 Å². The normalized spacial score (nSPS) is 10.1. The van der Waals surface area contributed by atoms with Crippen LogP contribution in [0.5, 0.6) is 0 Å². The van der Waals surface area contributed by atoms with E-state index in [1.807, 2.05) is 12.1 Å². The molecule has 0 saturated carbocycles. The van der Waals surface area contributed by atoms with Crippen LogP contribution in [-0.2, 0) is 6.54 Å². The zero-order valence-electron chi connectivity index (χ0n) is 7.87. The molecule has 0 bridgehead atoms. The predicted octanol–water partition coefficient (Wildman–Crippen LogP) is 1.02. The number of aromatic nitrogens is 3. The van der Waals surface area contributed by atoms with Crippen molar-refractivity contribution in [1.29, 1.82) is 0 Å². The highest BCUT2D eigenvalue weighted by atomic mass is 16.4. The van der Waals surface area contributed by atoms with Crippen LogP contribution in [-0.4, -0.2) is 25.6 Å². The maximum absolute atomic E-state index is 10.8. The summed E-state index contributed by atoms with van der Waals surface area (Å²) in [5.41, 5.74) is 1.18. The number of carboxylic acids is 1. The number of carbonyl (C=O) groups is 1. The smallest absolute Gasteiger partial charge is 0.354 e. The number of nitrogens with zero attached hydrogens (tertiary/aromatic N) is 3. The topological polar surface area (TPSA) is 68.0 Å². The Kier molecular flexibility index (Phi) is 2.45. The number of hydrogen-bond donors (Lipinski definition) is 1. The molecule has 76 valence electrons. The molecule has 5 nitrogen and oxygen atoms in total. The first-order valence-electron chi connectivity index (χ1n) is 4.39. The number of rotatable bonds is 3. The quantitative estimate of drug-likeness (QED) is 0.808. The van der Waals surface area contributed by atoms with Gasteiger partial charge in [0.05, 0.1) is 12.5 Å². The second kappa shape index (κ2) is 3.91. The molecule has 0 spiro atoms. The maximum atomic E-state index is 10.8. The first-order valence-corrected chi connectivity index (χ1v) is 4.39. The van der Waals surface area contributed by atoms with Crippen molar-refractivity contribution in [2.45, 2.75) is 6.54 Å². The van der Waals surface area contributed by atoms with E-state index in [2.05, 4.69) is 9.97 Å². The number of carboxylic acid groups (broad SMARTS) is 1. The summed E-state index contributed by atoms with van der Waals surface area (Å²) < 4.78 is 1.58. The Morgan fingerprint density at radius 3 is 2.73 bits per heavy atom. The highest BCUT2D eigenvalue weighted by molar-refractivity contribution is 5.85. The molecule has 0 aromatic carbocycles. The Labute approximate surface area is 86.0 Å². The van der Waals surface area contributed by atoms with Gasteiger partial charge in [0, 0.05) is 18.9 Å². The van der Waals surface area contributed by atoms with Crippen molar-refractivity contribution in [3.63, 3.8) is 0 Å². The van der Waals surface area contributed by atoms with Crippen molar-refractivity contribution in [3.05, 3.63) is 48.3 Å². The molecule has 0 saturated heterocycles. The van der Waals surface area contributed by atoms with Crippen LogP contribution in [0, 0.1) is 0 Å². The van der Waals surface area contributed by atoms with Gasteiger partial charge in [0.1, 0.15) is 5.69 Å². The van der Waals surface area contributed by atoms with Crippen LogP contribution in [0.15, 0.2) is 37.1 Å². The molecule has 0 fully saturated rings. The molecule has 0 radical (unpaired) electrons. The van der Waals surface area contributed by atoms with Crippen LogP contribution in [0.25, 0.3) is 0 Å². The zero-order valence-corrected chi connectivity index (χ0v) is 7.87. The van der Waals surface area contributed by atoms with E-state index in [4.69, 9.17) is 5.11 Å². The average Bonchev–Trinajstić information content (AvgIpc) is 2.67. The minimum absolute atomic E-state index is 0.187. The van der Waals surface area contributed by atoms with E-state index in [0.717, 1.165) is 5.56 Å². The first kappa shape index (κ1) is 9.39. The molecular formula is C10H9N3O2. The Balaban J connectivity index is 2.25. The molecule has 0 amide bonds. The molecule has 0 atom stereocenters. The number of aromatic carboxylic acids is 1. The van der Waals surface area contributed by atoms with Crippen molar-refractivity contribution in [3.8, 4) is 0 Å². The van der Waals surface area contributed by atoms with E-state index in [1.165, 1.54) is 12.5 Å². The highest BCUT2D eigenvalue weighted by Gasteiger charge is 2.09. The van der Waals surface area contributed by atoms with Gasteiger partial charge in [0.25, 0.3) is 0 Å². The van der Waals surface area contributed by atoms with E-state index >= 15 is 0 Å². The molecule has 0 aliphatic heterocycles. The lowest BCUT2D eigenvalue weighted by Crippen LogP contribution is -2.08. The Morgan fingerprint density at radius 1 is 1.33 bits per heavy atom. The largest absolute Gasteiger partial charge is 0.477 e. The zero-order chi connectivity index (χ0) is 10.7. The minimum atomic E-state index is -0.971. The fourth-order valence-electron chi connectivity index (χ4n) is 1.31. The summed E-state index contributed by atoms with van der Waals surface area (Å²) in [5.74, 6) is -0.971. The second-order valence-electron chi connectivity index (χ2n) is 3.07. The van der Waals surface area contributed by atoms with E-state index in [1.54, 1.807) is 17.0 Å². The standard InChI is InChI=1S/C10H9N3O2/c14-10(15)9-5-12-7-13(9)6-8-1-3-11-4-2-8/h1-5,7H,6H2,(H,14,15). The van der Waals surface area contributed by atoms with Crippen molar-refractivity contribution in [2.24, 2.45) is 0 Å². The first-order chi connectivity index (χ1) is 7.27. The third-order valence-electron chi connectivity index (χ3n) is 2.03. The van der Waals surface area contributed by atoms with Gasteiger partial charge in [-0.05, 0) is 17.7 Å². The average molecular weight is 203 g/mol. The Hall–Kier alpha value is -2.17. The SMILES string of the molecule is O=C(O)c1cncn1Cc1ccncc1.